The summed E-state index contributed by atoms with van der Waals surface area (Å²) >= 11 is 0. The molecular formula is C22H26F3N5O2. The largest absolute Gasteiger partial charge is 0.489 e. The van der Waals surface area contributed by atoms with Crippen molar-refractivity contribution in [2.24, 2.45) is 5.92 Å². The van der Waals surface area contributed by atoms with Gasteiger partial charge in [0, 0.05) is 35.1 Å². The Hall–Kier alpha value is -3.30. The second kappa shape index (κ2) is 9.46. The van der Waals surface area contributed by atoms with E-state index in [1.807, 2.05) is 25.2 Å². The first kappa shape index (κ1) is 23.4. The number of anilines is 1. The van der Waals surface area contributed by atoms with E-state index < -0.39 is 24.7 Å². The molecule has 3 heterocycles. The van der Waals surface area contributed by atoms with E-state index in [0.717, 1.165) is 16.5 Å². The summed E-state index contributed by atoms with van der Waals surface area (Å²) in [5.41, 5.74) is 2.78. The molecule has 3 aromatic heterocycles. The van der Waals surface area contributed by atoms with Crippen LogP contribution >= 0.6 is 0 Å². The fourth-order valence-electron chi connectivity index (χ4n) is 3.24. The molecule has 0 fully saturated rings. The second-order valence-corrected chi connectivity index (χ2v) is 8.10. The van der Waals surface area contributed by atoms with Crippen molar-refractivity contribution in [2.45, 2.75) is 46.0 Å². The molecule has 0 bridgehead atoms. The van der Waals surface area contributed by atoms with E-state index in [4.69, 9.17) is 4.74 Å². The number of ether oxygens (including phenoxy) is 1. The molecule has 1 atom stereocenters. The number of aromatic nitrogens is 3. The minimum atomic E-state index is -4.47. The first-order valence-electron chi connectivity index (χ1n) is 10.2. The summed E-state index contributed by atoms with van der Waals surface area (Å²) in [4.78, 5) is 24.0. The molecule has 0 aliphatic carbocycles. The first-order chi connectivity index (χ1) is 15.0. The van der Waals surface area contributed by atoms with Crippen molar-refractivity contribution in [1.29, 1.82) is 0 Å². The summed E-state index contributed by atoms with van der Waals surface area (Å²) in [7, 11) is 0. The van der Waals surface area contributed by atoms with Crippen molar-refractivity contribution < 1.29 is 22.7 Å². The van der Waals surface area contributed by atoms with E-state index in [-0.39, 0.29) is 12.0 Å². The highest BCUT2D eigenvalue weighted by molar-refractivity contribution is 5.94. The molecule has 3 N–H and O–H groups in total. The molecule has 32 heavy (non-hydrogen) atoms. The Labute approximate surface area is 183 Å². The lowest BCUT2D eigenvalue weighted by Gasteiger charge is -2.23. The first-order valence-corrected chi connectivity index (χ1v) is 10.2. The van der Waals surface area contributed by atoms with Gasteiger partial charge in [-0.1, -0.05) is 13.8 Å². The van der Waals surface area contributed by atoms with Crippen LogP contribution in [0.5, 0.6) is 5.75 Å². The Kier molecular flexibility index (Phi) is 6.90. The predicted molar refractivity (Wildman–Crippen MR) is 116 cm³/mol. The number of H-pyrrole nitrogens is 1. The van der Waals surface area contributed by atoms with Gasteiger partial charge < -0.3 is 20.4 Å². The molecule has 3 aromatic rings. The van der Waals surface area contributed by atoms with Crippen molar-refractivity contribution in [1.82, 2.24) is 20.3 Å². The van der Waals surface area contributed by atoms with E-state index in [1.165, 1.54) is 6.20 Å². The zero-order valence-electron chi connectivity index (χ0n) is 18.2. The summed E-state index contributed by atoms with van der Waals surface area (Å²) in [6.07, 6.45) is 2.16. The number of rotatable bonds is 8. The van der Waals surface area contributed by atoms with Crippen LogP contribution in [-0.4, -0.2) is 45.7 Å². The Bertz CT molecular complexity index is 1080. The molecule has 10 heteroatoms. The third-order valence-corrected chi connectivity index (χ3v) is 4.66. The number of nitrogens with one attached hydrogen (secondary N) is 3. The smallest absolute Gasteiger partial charge is 0.405 e. The average molecular weight is 449 g/mol. The third-order valence-electron chi connectivity index (χ3n) is 4.66. The molecule has 1 amide bonds. The van der Waals surface area contributed by atoms with Crippen LogP contribution in [0, 0.1) is 5.92 Å². The lowest BCUT2D eigenvalue weighted by molar-refractivity contribution is -0.139. The molecule has 7 nitrogen and oxygen atoms in total. The fraction of sp³-hybridized carbons (Fsp3) is 0.409. The fourth-order valence-corrected chi connectivity index (χ4v) is 3.24. The number of aromatic amines is 1. The monoisotopic (exact) mass is 449 g/mol. The Morgan fingerprint density at radius 3 is 2.56 bits per heavy atom. The van der Waals surface area contributed by atoms with Gasteiger partial charge in [-0.25, -0.2) is 4.98 Å². The number of amides is 1. The molecule has 0 aromatic carbocycles. The van der Waals surface area contributed by atoms with E-state index in [9.17, 15) is 18.0 Å². The van der Waals surface area contributed by atoms with Crippen LogP contribution in [-0.2, 0) is 4.79 Å². The molecule has 0 aliphatic heterocycles. The van der Waals surface area contributed by atoms with Crippen molar-refractivity contribution in [2.75, 3.05) is 11.9 Å². The molecule has 1 unspecified atom stereocenters. The van der Waals surface area contributed by atoms with Crippen LogP contribution in [0.25, 0.3) is 22.2 Å². The van der Waals surface area contributed by atoms with Gasteiger partial charge in [0.15, 0.2) is 0 Å². The minimum absolute atomic E-state index is 0.00213. The van der Waals surface area contributed by atoms with Crippen molar-refractivity contribution in [3.8, 4) is 16.9 Å². The number of carbonyl (C=O) groups is 1. The van der Waals surface area contributed by atoms with Gasteiger partial charge >= 0.3 is 6.18 Å². The van der Waals surface area contributed by atoms with Gasteiger partial charge in [-0.15, -0.1) is 0 Å². The number of carbonyl (C=O) groups excluding carboxylic acids is 1. The number of nitrogens with zero attached hydrogens (tertiary/aromatic N) is 2. The maximum atomic E-state index is 12.5. The Balaban J connectivity index is 1.85. The number of fused-ring (bicyclic) bond motifs is 1. The molecule has 0 spiro atoms. The summed E-state index contributed by atoms with van der Waals surface area (Å²) in [5, 5.41) is 5.79. The predicted octanol–water partition coefficient (Wildman–Crippen LogP) is 4.53. The van der Waals surface area contributed by atoms with Gasteiger partial charge in [0.25, 0.3) is 0 Å². The van der Waals surface area contributed by atoms with Gasteiger partial charge in [-0.05, 0) is 31.9 Å². The van der Waals surface area contributed by atoms with E-state index in [2.05, 4.69) is 20.3 Å². The number of pyridine rings is 2. The Morgan fingerprint density at radius 2 is 1.91 bits per heavy atom. The van der Waals surface area contributed by atoms with Crippen LogP contribution in [0.3, 0.4) is 0 Å². The normalized spacial score (nSPS) is 12.9. The summed E-state index contributed by atoms with van der Waals surface area (Å²) in [5.74, 6) is -0.341. The molecule has 0 aliphatic rings. The van der Waals surface area contributed by atoms with Gasteiger partial charge in [0.2, 0.25) is 5.91 Å². The molecule has 0 radical (unpaired) electrons. The van der Waals surface area contributed by atoms with Crippen molar-refractivity contribution in [3.05, 3.63) is 36.9 Å². The summed E-state index contributed by atoms with van der Waals surface area (Å²) in [6, 6.07) is 2.82. The van der Waals surface area contributed by atoms with E-state index in [0.29, 0.717) is 17.1 Å². The van der Waals surface area contributed by atoms with Gasteiger partial charge in [-0.2, -0.15) is 13.2 Å². The number of halogens is 3. The highest BCUT2D eigenvalue weighted by atomic mass is 19.4. The average Bonchev–Trinajstić information content (AvgIpc) is 3.12. The summed E-state index contributed by atoms with van der Waals surface area (Å²) < 4.78 is 43.2. The third kappa shape index (κ3) is 5.89. The highest BCUT2D eigenvalue weighted by Gasteiger charge is 2.30. The maximum absolute atomic E-state index is 12.5. The Morgan fingerprint density at radius 1 is 1.16 bits per heavy atom. The lowest BCUT2D eigenvalue weighted by atomic mass is 10.0. The second-order valence-electron chi connectivity index (χ2n) is 8.10. The number of hydrogen-bond acceptors (Lipinski definition) is 5. The lowest BCUT2D eigenvalue weighted by Crippen LogP contribution is -2.46. The molecule has 3 rings (SSSR count). The van der Waals surface area contributed by atoms with Crippen molar-refractivity contribution in [3.63, 3.8) is 0 Å². The topological polar surface area (TPSA) is 91.9 Å². The van der Waals surface area contributed by atoms with Crippen LogP contribution in [0.2, 0.25) is 0 Å². The van der Waals surface area contributed by atoms with E-state index in [1.54, 1.807) is 38.5 Å². The van der Waals surface area contributed by atoms with Gasteiger partial charge in [-0.3, -0.25) is 9.78 Å². The molecule has 172 valence electrons. The molecular weight excluding hydrogens is 423 g/mol. The van der Waals surface area contributed by atoms with Crippen LogP contribution in [0.1, 0.15) is 27.7 Å². The molecule has 0 saturated carbocycles. The molecule has 0 saturated heterocycles. The minimum Gasteiger partial charge on any atom is -0.489 e. The highest BCUT2D eigenvalue weighted by Crippen LogP contribution is 2.31. The number of alkyl halides is 3. The van der Waals surface area contributed by atoms with Crippen LogP contribution in [0.4, 0.5) is 18.9 Å². The van der Waals surface area contributed by atoms with Crippen LogP contribution in [0.15, 0.2) is 36.9 Å². The van der Waals surface area contributed by atoms with Crippen LogP contribution < -0.4 is 15.4 Å². The van der Waals surface area contributed by atoms with Crippen molar-refractivity contribution >= 4 is 22.6 Å². The SMILES string of the molecule is CC(C)Oc1cnc2[nH]cc(-c3cncc(NC(C(=O)NCC(F)(F)F)C(C)C)c3)c2c1. The van der Waals surface area contributed by atoms with E-state index >= 15 is 0 Å². The number of hydrogen-bond donors (Lipinski definition) is 3. The summed E-state index contributed by atoms with van der Waals surface area (Å²) in [6.45, 7) is 5.99. The zero-order chi connectivity index (χ0) is 23.5. The van der Waals surface area contributed by atoms with Gasteiger partial charge in [0.05, 0.1) is 18.0 Å². The van der Waals surface area contributed by atoms with Gasteiger partial charge in [0.1, 0.15) is 24.0 Å². The quantitative estimate of drug-likeness (QED) is 0.470. The zero-order valence-corrected chi connectivity index (χ0v) is 18.2. The standard InChI is InChI=1S/C22H26F3N5O2/c1-12(2)19(21(31)29-11-22(23,24)25)30-15-5-14(7-26-8-15)18-10-28-20-17(18)6-16(9-27-20)32-13(3)4/h5-10,12-13,19,30H,11H2,1-4H3,(H,27,28)(H,29,31). The maximum Gasteiger partial charge on any atom is 0.405 e.